The third kappa shape index (κ3) is 10.8. The molecule has 2 rings (SSSR count). The van der Waals surface area contributed by atoms with Crippen LogP contribution < -0.4 is 9.47 Å². The normalized spacial score (nSPS) is 10.7. The van der Waals surface area contributed by atoms with Gasteiger partial charge in [-0.05, 0) is 55.9 Å². The number of esters is 2. The molecule has 0 radical (unpaired) electrons. The summed E-state index contributed by atoms with van der Waals surface area (Å²) in [7, 11) is 1.55. The van der Waals surface area contributed by atoms with E-state index in [0.717, 1.165) is 36.6 Å². The van der Waals surface area contributed by atoms with Gasteiger partial charge in [0.1, 0.15) is 0 Å². The predicted octanol–water partition coefficient (Wildman–Crippen LogP) is 5.66. The number of unbranched alkanes of at least 4 members (excludes halogenated alkanes) is 4. The van der Waals surface area contributed by atoms with Crippen molar-refractivity contribution in [3.8, 4) is 11.5 Å². The summed E-state index contributed by atoms with van der Waals surface area (Å²) in [4.78, 5) is 44.4. The molecule has 12 nitrogen and oxygen atoms in total. The molecule has 12 heteroatoms. The lowest BCUT2D eigenvalue weighted by Crippen LogP contribution is -2.08. The fraction of sp³-hybridized carbons (Fsp3) is 0.407. The molecular formula is C27H32N2O10. The maximum absolute atomic E-state index is 12.1. The number of carbonyl (C=O) groups is 2. The first-order chi connectivity index (χ1) is 18.7. The van der Waals surface area contributed by atoms with Gasteiger partial charge in [0.05, 0.1) is 48.4 Å². The Morgan fingerprint density at radius 3 is 2.05 bits per heavy atom. The van der Waals surface area contributed by atoms with E-state index < -0.39 is 33.2 Å². The molecule has 0 unspecified atom stereocenters. The molecule has 0 spiro atoms. The molecule has 0 aromatic heterocycles. The number of nitro groups is 2. The Kier molecular flexibility index (Phi) is 12.9. The largest absolute Gasteiger partial charge is 0.493 e. The van der Waals surface area contributed by atoms with E-state index in [2.05, 4.69) is 6.92 Å². The van der Waals surface area contributed by atoms with Crippen molar-refractivity contribution in [2.24, 2.45) is 0 Å². The Balaban J connectivity index is 1.66. The van der Waals surface area contributed by atoms with Crippen LogP contribution in [0.15, 0.2) is 42.5 Å². The number of benzene rings is 2. The van der Waals surface area contributed by atoms with E-state index in [1.165, 1.54) is 6.08 Å². The summed E-state index contributed by atoms with van der Waals surface area (Å²) < 4.78 is 21.3. The number of methoxy groups -OCH3 is 1. The highest BCUT2D eigenvalue weighted by Gasteiger charge is 2.20. The van der Waals surface area contributed by atoms with Crippen LogP contribution >= 0.6 is 0 Å². The first-order valence-electron chi connectivity index (χ1n) is 12.5. The number of nitro benzene ring substituents is 2. The van der Waals surface area contributed by atoms with Crippen LogP contribution in [-0.4, -0.2) is 48.7 Å². The molecule has 0 amide bonds. The number of hydrogen-bond donors (Lipinski definition) is 0. The first kappa shape index (κ1) is 30.7. The van der Waals surface area contributed by atoms with Gasteiger partial charge in [-0.1, -0.05) is 19.4 Å². The number of carbonyl (C=O) groups excluding carboxylic acids is 2. The van der Waals surface area contributed by atoms with Gasteiger partial charge in [0.15, 0.2) is 11.5 Å². The molecule has 0 saturated heterocycles. The third-order valence-corrected chi connectivity index (χ3v) is 5.43. The number of non-ortho nitro benzene ring substituents is 2. The molecule has 0 aliphatic carbocycles. The van der Waals surface area contributed by atoms with Crippen LogP contribution in [0, 0.1) is 20.2 Å². The second-order valence-electron chi connectivity index (χ2n) is 8.42. The zero-order valence-corrected chi connectivity index (χ0v) is 22.0. The van der Waals surface area contributed by atoms with Crippen LogP contribution in [-0.2, 0) is 14.3 Å². The molecule has 0 bridgehead atoms. The molecule has 0 saturated carbocycles. The smallest absolute Gasteiger partial charge is 0.338 e. The predicted molar refractivity (Wildman–Crippen MR) is 142 cm³/mol. The van der Waals surface area contributed by atoms with Crippen LogP contribution in [0.1, 0.15) is 61.4 Å². The Bertz CT molecular complexity index is 1150. The second kappa shape index (κ2) is 16.4. The Morgan fingerprint density at radius 2 is 1.46 bits per heavy atom. The molecule has 0 aliphatic heterocycles. The summed E-state index contributed by atoms with van der Waals surface area (Å²) in [5.74, 6) is -0.122. The summed E-state index contributed by atoms with van der Waals surface area (Å²) in [6.07, 6.45) is 7.46. The third-order valence-electron chi connectivity index (χ3n) is 5.43. The highest BCUT2D eigenvalue weighted by atomic mass is 16.6. The maximum Gasteiger partial charge on any atom is 0.338 e. The Labute approximate surface area is 225 Å². The fourth-order valence-electron chi connectivity index (χ4n) is 3.35. The van der Waals surface area contributed by atoms with E-state index in [9.17, 15) is 29.8 Å². The fourth-order valence-corrected chi connectivity index (χ4v) is 3.35. The summed E-state index contributed by atoms with van der Waals surface area (Å²) >= 11 is 0. The minimum absolute atomic E-state index is 0.0454. The van der Waals surface area contributed by atoms with Crippen molar-refractivity contribution in [2.75, 3.05) is 26.9 Å². The second-order valence-corrected chi connectivity index (χ2v) is 8.42. The van der Waals surface area contributed by atoms with E-state index in [1.807, 2.05) is 6.07 Å². The molecule has 0 heterocycles. The lowest BCUT2D eigenvalue weighted by atomic mass is 10.1. The van der Waals surface area contributed by atoms with Gasteiger partial charge in [0.25, 0.3) is 11.4 Å². The summed E-state index contributed by atoms with van der Waals surface area (Å²) in [5, 5.41) is 21.9. The van der Waals surface area contributed by atoms with Crippen molar-refractivity contribution in [3.05, 3.63) is 73.8 Å². The monoisotopic (exact) mass is 544 g/mol. The van der Waals surface area contributed by atoms with Crippen molar-refractivity contribution in [1.82, 2.24) is 0 Å². The van der Waals surface area contributed by atoms with Crippen LogP contribution in [0.2, 0.25) is 0 Å². The minimum Gasteiger partial charge on any atom is -0.493 e. The molecule has 0 fully saturated rings. The minimum atomic E-state index is -0.876. The van der Waals surface area contributed by atoms with Gasteiger partial charge in [0, 0.05) is 18.2 Å². The van der Waals surface area contributed by atoms with Gasteiger partial charge >= 0.3 is 11.9 Å². The van der Waals surface area contributed by atoms with Crippen molar-refractivity contribution in [3.63, 3.8) is 0 Å². The van der Waals surface area contributed by atoms with Crippen molar-refractivity contribution in [1.29, 1.82) is 0 Å². The lowest BCUT2D eigenvalue weighted by molar-refractivity contribution is -0.394. The molecule has 2 aromatic rings. The lowest BCUT2D eigenvalue weighted by Gasteiger charge is -2.10. The molecular weight excluding hydrogens is 512 g/mol. The van der Waals surface area contributed by atoms with Crippen LogP contribution in [0.25, 0.3) is 6.08 Å². The topological polar surface area (TPSA) is 157 Å². The molecule has 0 N–H and O–H groups in total. The van der Waals surface area contributed by atoms with Crippen molar-refractivity contribution >= 4 is 29.4 Å². The number of ether oxygens (including phenoxy) is 4. The van der Waals surface area contributed by atoms with Crippen molar-refractivity contribution < 1.29 is 38.4 Å². The van der Waals surface area contributed by atoms with Gasteiger partial charge < -0.3 is 18.9 Å². The van der Waals surface area contributed by atoms with E-state index in [4.69, 9.17) is 18.9 Å². The maximum atomic E-state index is 12.1. The highest BCUT2D eigenvalue weighted by molar-refractivity contribution is 5.91. The summed E-state index contributed by atoms with van der Waals surface area (Å²) in [6, 6.07) is 8.04. The average Bonchev–Trinajstić information content (AvgIpc) is 2.93. The van der Waals surface area contributed by atoms with Gasteiger partial charge in [-0.2, -0.15) is 0 Å². The average molecular weight is 545 g/mol. The molecule has 0 aliphatic rings. The summed E-state index contributed by atoms with van der Waals surface area (Å²) in [5.41, 5.74) is -0.623. The summed E-state index contributed by atoms with van der Waals surface area (Å²) in [6.45, 7) is 2.96. The van der Waals surface area contributed by atoms with E-state index in [0.29, 0.717) is 43.8 Å². The highest BCUT2D eigenvalue weighted by Crippen LogP contribution is 2.29. The van der Waals surface area contributed by atoms with Crippen LogP contribution in [0.4, 0.5) is 11.4 Å². The molecule has 39 heavy (non-hydrogen) atoms. The van der Waals surface area contributed by atoms with Gasteiger partial charge in [-0.3, -0.25) is 20.2 Å². The number of hydrogen-bond acceptors (Lipinski definition) is 10. The first-order valence-corrected chi connectivity index (χ1v) is 12.5. The van der Waals surface area contributed by atoms with Crippen molar-refractivity contribution in [2.45, 2.75) is 45.4 Å². The zero-order valence-electron chi connectivity index (χ0n) is 22.0. The zero-order chi connectivity index (χ0) is 28.6. The van der Waals surface area contributed by atoms with Gasteiger partial charge in [-0.25, -0.2) is 9.59 Å². The number of nitrogens with zero attached hydrogens (tertiary/aromatic N) is 2. The molecule has 2 aromatic carbocycles. The van der Waals surface area contributed by atoms with E-state index >= 15 is 0 Å². The van der Waals surface area contributed by atoms with Crippen LogP contribution in [0.5, 0.6) is 11.5 Å². The van der Waals surface area contributed by atoms with E-state index in [-0.39, 0.29) is 18.8 Å². The van der Waals surface area contributed by atoms with Gasteiger partial charge in [-0.15, -0.1) is 0 Å². The number of rotatable bonds is 17. The molecule has 0 atom stereocenters. The van der Waals surface area contributed by atoms with Crippen LogP contribution in [0.3, 0.4) is 0 Å². The Morgan fingerprint density at radius 1 is 0.821 bits per heavy atom. The Hall–Kier alpha value is -4.48. The van der Waals surface area contributed by atoms with Gasteiger partial charge in [0.2, 0.25) is 0 Å². The SMILES string of the molecule is CCCCOc1ccc(C=CC(=O)OCCCCCCOC(=O)c2cc([N+](=O)[O-])cc([N+](=O)[O-])c2)cc1OC. The van der Waals surface area contributed by atoms with E-state index in [1.54, 1.807) is 25.3 Å². The molecule has 210 valence electrons. The standard InChI is InChI=1S/C27H32N2O10/c1-3-4-13-37-24-11-9-20(16-25(24)36-2)10-12-26(30)38-14-7-5-6-8-15-39-27(31)21-17-22(28(32)33)19-23(18-21)29(34)35/h9-12,16-19H,3-8,13-15H2,1-2H3. The quantitative estimate of drug-likeness (QED) is 0.0799.